The number of methoxy groups -OCH3 is 1. The van der Waals surface area contributed by atoms with Crippen LogP contribution >= 0.6 is 23.2 Å². The molecular weight excluding hydrogens is 672 g/mol. The highest BCUT2D eigenvalue weighted by atomic mass is 35.5. The van der Waals surface area contributed by atoms with Gasteiger partial charge in [-0.25, -0.2) is 14.2 Å². The van der Waals surface area contributed by atoms with E-state index in [0.717, 1.165) is 12.8 Å². The van der Waals surface area contributed by atoms with Gasteiger partial charge in [-0.15, -0.1) is 0 Å². The second-order valence-electron chi connectivity index (χ2n) is 12.1. The fourth-order valence-corrected chi connectivity index (χ4v) is 7.60. The van der Waals surface area contributed by atoms with Crippen LogP contribution in [0.4, 0.5) is 15.9 Å². The third-order valence-electron chi connectivity index (χ3n) is 9.31. The van der Waals surface area contributed by atoms with E-state index in [1.807, 2.05) is 6.07 Å². The van der Waals surface area contributed by atoms with E-state index in [-0.39, 0.29) is 52.1 Å². The van der Waals surface area contributed by atoms with Gasteiger partial charge in [0.15, 0.2) is 6.73 Å². The minimum absolute atomic E-state index is 0.0727. The number of ether oxygens (including phenoxy) is 3. The maximum atomic E-state index is 15.9. The number of carbonyl (C=O) groups excluding carboxylic acids is 2. The fraction of sp³-hybridized carbons (Fsp3) is 0.278. The molecule has 4 heterocycles. The first-order valence-electron chi connectivity index (χ1n) is 15.7. The summed E-state index contributed by atoms with van der Waals surface area (Å²) in [4.78, 5) is 34.6. The lowest BCUT2D eigenvalue weighted by molar-refractivity contribution is 0.0515. The number of benzene rings is 3. The molecular formula is C36H32Cl2FN5O5. The summed E-state index contributed by atoms with van der Waals surface area (Å²) >= 11 is 13.3. The zero-order valence-electron chi connectivity index (χ0n) is 26.7. The molecule has 2 unspecified atom stereocenters. The average Bonchev–Trinajstić information content (AvgIpc) is 3.36. The van der Waals surface area contributed by atoms with Crippen molar-refractivity contribution in [1.82, 2.24) is 9.88 Å². The van der Waals surface area contributed by atoms with Gasteiger partial charge < -0.3 is 34.7 Å². The van der Waals surface area contributed by atoms with Gasteiger partial charge in [-0.1, -0.05) is 41.4 Å². The smallest absolute Gasteiger partial charge is 0.340 e. The van der Waals surface area contributed by atoms with Gasteiger partial charge in [-0.3, -0.25) is 4.79 Å². The van der Waals surface area contributed by atoms with Crippen molar-refractivity contribution < 1.29 is 28.2 Å². The van der Waals surface area contributed by atoms with E-state index in [0.29, 0.717) is 58.3 Å². The molecule has 3 aromatic carbocycles. The summed E-state index contributed by atoms with van der Waals surface area (Å²) in [7, 11) is 3.00. The van der Waals surface area contributed by atoms with Crippen LogP contribution in [0.5, 0.6) is 5.75 Å². The number of aromatic nitrogens is 1. The normalized spacial score (nSPS) is 18.1. The number of nitrogens with one attached hydrogen (secondary N) is 2. The highest BCUT2D eigenvalue weighted by Crippen LogP contribution is 2.43. The maximum Gasteiger partial charge on any atom is 0.340 e. The summed E-state index contributed by atoms with van der Waals surface area (Å²) < 4.78 is 32.8. The number of fused-ring (bicyclic) bond motifs is 3. The third-order valence-corrected chi connectivity index (χ3v) is 9.90. The first kappa shape index (κ1) is 32.8. The van der Waals surface area contributed by atoms with E-state index in [1.54, 1.807) is 49.6 Å². The van der Waals surface area contributed by atoms with E-state index in [9.17, 15) is 9.59 Å². The Kier molecular flexibility index (Phi) is 8.91. The van der Waals surface area contributed by atoms with Crippen LogP contribution in [0.25, 0.3) is 22.3 Å². The molecule has 0 saturated carbocycles. The predicted molar refractivity (Wildman–Crippen MR) is 186 cm³/mol. The molecule has 1 aromatic heterocycles. The Hall–Kier alpha value is -4.71. The number of halogens is 3. The molecule has 0 spiro atoms. The second kappa shape index (κ2) is 13.3. The Balaban J connectivity index is 1.19. The van der Waals surface area contributed by atoms with Crippen LogP contribution in [0.2, 0.25) is 10.0 Å². The van der Waals surface area contributed by atoms with Gasteiger partial charge in [0, 0.05) is 47.3 Å². The van der Waals surface area contributed by atoms with Crippen LogP contribution < -0.4 is 15.0 Å². The van der Waals surface area contributed by atoms with Crippen LogP contribution in [0.15, 0.2) is 54.7 Å². The van der Waals surface area contributed by atoms with Crippen LogP contribution in [0.1, 0.15) is 44.7 Å². The summed E-state index contributed by atoms with van der Waals surface area (Å²) in [5.41, 5.74) is 4.22. The van der Waals surface area contributed by atoms with Gasteiger partial charge >= 0.3 is 5.97 Å². The van der Waals surface area contributed by atoms with Gasteiger partial charge in [0.1, 0.15) is 17.4 Å². The molecule has 13 heteroatoms. The van der Waals surface area contributed by atoms with Crippen molar-refractivity contribution in [3.05, 3.63) is 92.8 Å². The zero-order chi connectivity index (χ0) is 34.4. The number of amides is 1. The Morgan fingerprint density at radius 2 is 1.80 bits per heavy atom. The Morgan fingerprint density at radius 3 is 2.47 bits per heavy atom. The predicted octanol–water partition coefficient (Wildman–Crippen LogP) is 7.05. The highest BCUT2D eigenvalue weighted by Gasteiger charge is 2.40. The summed E-state index contributed by atoms with van der Waals surface area (Å²) in [6.45, 7) is 1.09. The summed E-state index contributed by atoms with van der Waals surface area (Å²) in [5, 5.41) is 10.9. The van der Waals surface area contributed by atoms with Gasteiger partial charge in [-0.2, -0.15) is 0 Å². The average molecular weight is 705 g/mol. The van der Waals surface area contributed by atoms with Crippen molar-refractivity contribution in [3.63, 3.8) is 0 Å². The van der Waals surface area contributed by atoms with Crippen molar-refractivity contribution in [3.8, 4) is 28.0 Å². The van der Waals surface area contributed by atoms with Crippen molar-refractivity contribution in [1.29, 1.82) is 5.41 Å². The van der Waals surface area contributed by atoms with Crippen LogP contribution in [0, 0.1) is 11.2 Å². The molecule has 0 radical (unpaired) electrons. The van der Waals surface area contributed by atoms with Crippen molar-refractivity contribution >= 4 is 52.8 Å². The first-order valence-corrected chi connectivity index (χ1v) is 16.5. The molecule has 252 valence electrons. The van der Waals surface area contributed by atoms with Gasteiger partial charge in [0.25, 0.3) is 5.91 Å². The Morgan fingerprint density at radius 1 is 1.06 bits per heavy atom. The molecule has 49 heavy (non-hydrogen) atoms. The molecule has 3 aliphatic rings. The maximum absolute atomic E-state index is 15.9. The zero-order valence-corrected chi connectivity index (χ0v) is 28.2. The van der Waals surface area contributed by atoms with Crippen LogP contribution in [-0.2, 0) is 16.0 Å². The Labute approximate surface area is 292 Å². The number of nitrogens with zero attached hydrogens (tertiary/aromatic N) is 3. The van der Waals surface area contributed by atoms with Crippen molar-refractivity contribution in [2.24, 2.45) is 0 Å². The molecule has 10 nitrogen and oxygen atoms in total. The van der Waals surface area contributed by atoms with Crippen molar-refractivity contribution in [2.75, 3.05) is 44.3 Å². The van der Waals surface area contributed by atoms with Gasteiger partial charge in [-0.05, 0) is 48.7 Å². The number of esters is 1. The van der Waals surface area contributed by atoms with E-state index < -0.39 is 17.7 Å². The SMILES string of the molecule is CNc1ncc(-c2cc(Cl)c(C(=O)N3COc4c(cccc4-c4cc(N5C6CCC5COC6)c(C(=O)OC)cc4F)C3)c(Cl)c2)cc1C=N. The number of carbonyl (C=O) groups is 2. The monoisotopic (exact) mass is 703 g/mol. The molecule has 2 saturated heterocycles. The molecule has 2 fully saturated rings. The van der Waals surface area contributed by atoms with E-state index >= 15 is 4.39 Å². The van der Waals surface area contributed by atoms with E-state index in [4.69, 9.17) is 42.8 Å². The summed E-state index contributed by atoms with van der Waals surface area (Å²) in [6, 6.07) is 13.5. The number of hydrogen-bond acceptors (Lipinski definition) is 9. The standard InChI is InChI=1S/C36H32Cl2FN5O5/c1-41-34-21(13-40)8-22(14-42-34)20-9-28(37)32(29(38)10-20)35(45)43-15-19-4-3-5-25(33(19)49-18-43)26-12-31(27(11-30(26)39)36(46)47-2)44-23-6-7-24(44)17-48-16-23/h3-5,8-14,23-24,40H,6-7,15-18H2,1-2H3,(H,41,42). The lowest BCUT2D eigenvalue weighted by Gasteiger charge is -2.37. The lowest BCUT2D eigenvalue weighted by atomic mass is 9.96. The molecule has 1 amide bonds. The molecule has 2 atom stereocenters. The number of rotatable bonds is 7. The number of morpholine rings is 1. The van der Waals surface area contributed by atoms with Crippen LogP contribution in [0.3, 0.4) is 0 Å². The number of anilines is 2. The Bertz CT molecular complexity index is 1970. The first-order chi connectivity index (χ1) is 23.7. The molecule has 3 aliphatic heterocycles. The number of para-hydroxylation sites is 1. The van der Waals surface area contributed by atoms with Crippen molar-refractivity contribution in [2.45, 2.75) is 31.5 Å². The summed E-state index contributed by atoms with van der Waals surface area (Å²) in [6.07, 6.45) is 4.65. The van der Waals surface area contributed by atoms with Crippen LogP contribution in [-0.4, -0.2) is 74.2 Å². The topological polar surface area (TPSA) is 117 Å². The van der Waals surface area contributed by atoms with E-state index in [1.165, 1.54) is 24.3 Å². The second-order valence-corrected chi connectivity index (χ2v) is 12.9. The molecule has 2 bridgehead atoms. The largest absolute Gasteiger partial charge is 0.472 e. The van der Waals surface area contributed by atoms with Gasteiger partial charge in [0.2, 0.25) is 0 Å². The third kappa shape index (κ3) is 5.85. The fourth-order valence-electron chi connectivity index (χ4n) is 6.95. The van der Waals surface area contributed by atoms with E-state index in [2.05, 4.69) is 15.2 Å². The highest BCUT2D eigenvalue weighted by molar-refractivity contribution is 6.40. The molecule has 2 N–H and O–H groups in total. The minimum atomic E-state index is -0.614. The molecule has 4 aromatic rings. The van der Waals surface area contributed by atoms with Gasteiger partial charge in [0.05, 0.1) is 65.8 Å². The molecule has 0 aliphatic carbocycles. The summed E-state index contributed by atoms with van der Waals surface area (Å²) in [5.74, 6) is -0.639. The number of hydrogen-bond donors (Lipinski definition) is 2. The minimum Gasteiger partial charge on any atom is -0.472 e. The number of pyridine rings is 1. The lowest BCUT2D eigenvalue weighted by Crippen LogP contribution is -2.46. The molecule has 7 rings (SSSR count). The quantitative estimate of drug-likeness (QED) is 0.155.